The van der Waals surface area contributed by atoms with Gasteiger partial charge in [0.15, 0.2) is 0 Å². The molecule has 2 aliphatic heterocycles. The number of rotatable bonds is 12. The quantitative estimate of drug-likeness (QED) is 0.138. The van der Waals surface area contributed by atoms with Gasteiger partial charge in [0, 0.05) is 56.7 Å². The standard InChI is InChI=1S/C33H45N9O3S/c1-21(2)45-29-20-28(41-16-11-24(12-17-41)35-15-14-34-4)22(3)19-27(29)38-33-39-31-25(9-13-36-31)32(40-33)37-26-8-6-7-23-10-18-42(30(23)26)46(5,43)44/h6-9,13,19-21,24,34-35H,10-12,14-18H2,1-5H3,(H3,36,37,38,39,40). The van der Waals surface area contributed by atoms with Crippen molar-refractivity contribution in [3.8, 4) is 5.75 Å². The second kappa shape index (κ2) is 13.3. The lowest BCUT2D eigenvalue weighted by atomic mass is 10.0. The third-order valence-electron chi connectivity index (χ3n) is 8.57. The van der Waals surface area contributed by atoms with Gasteiger partial charge in [-0.1, -0.05) is 12.1 Å². The monoisotopic (exact) mass is 647 g/mol. The van der Waals surface area contributed by atoms with Crippen molar-refractivity contribution in [3.05, 3.63) is 53.7 Å². The van der Waals surface area contributed by atoms with E-state index >= 15 is 0 Å². The van der Waals surface area contributed by atoms with Crippen LogP contribution in [0.15, 0.2) is 42.6 Å². The van der Waals surface area contributed by atoms with Crippen LogP contribution in [0.5, 0.6) is 5.75 Å². The molecule has 0 spiro atoms. The van der Waals surface area contributed by atoms with Gasteiger partial charge in [-0.25, -0.2) is 8.42 Å². The van der Waals surface area contributed by atoms with Crippen molar-refractivity contribution in [2.75, 3.05) is 65.9 Å². The molecular formula is C33H45N9O3S. The Hall–Kier alpha value is -4.07. The highest BCUT2D eigenvalue weighted by atomic mass is 32.2. The lowest BCUT2D eigenvalue weighted by Crippen LogP contribution is -2.44. The highest BCUT2D eigenvalue weighted by Crippen LogP contribution is 2.40. The molecule has 12 nitrogen and oxygen atoms in total. The maximum absolute atomic E-state index is 12.6. The van der Waals surface area contributed by atoms with Crippen molar-refractivity contribution < 1.29 is 13.2 Å². The Balaban J connectivity index is 1.28. The fraction of sp³-hybridized carbons (Fsp3) is 0.455. The molecule has 46 heavy (non-hydrogen) atoms. The number of nitrogens with zero attached hydrogens (tertiary/aromatic N) is 4. The third-order valence-corrected chi connectivity index (χ3v) is 9.74. The minimum absolute atomic E-state index is 0.0276. The maximum Gasteiger partial charge on any atom is 0.232 e. The number of aromatic nitrogens is 3. The molecule has 0 bridgehead atoms. The second-order valence-corrected chi connectivity index (χ2v) is 14.3. The van der Waals surface area contributed by atoms with Crippen LogP contribution in [0.2, 0.25) is 0 Å². The highest BCUT2D eigenvalue weighted by Gasteiger charge is 2.29. The summed E-state index contributed by atoms with van der Waals surface area (Å²) in [6, 6.07) is 12.5. The maximum atomic E-state index is 12.6. The molecular weight excluding hydrogens is 602 g/mol. The SMILES string of the molecule is CNCCNC1CCN(c2cc(OC(C)C)c(Nc3nc(Nc4cccc5c4N(S(C)(=O)=O)CC5)c4cc[nH]c4n3)cc2C)CC1. The number of likely N-dealkylation sites (N-methyl/N-ethyl adjacent to an activating group) is 1. The molecule has 1 saturated heterocycles. The first kappa shape index (κ1) is 31.9. The number of H-pyrrole nitrogens is 1. The van der Waals surface area contributed by atoms with E-state index in [0.717, 1.165) is 67.0 Å². The molecule has 13 heteroatoms. The molecule has 4 heterocycles. The molecule has 0 saturated carbocycles. The zero-order chi connectivity index (χ0) is 32.4. The number of nitrogens with one attached hydrogen (secondary N) is 5. The van der Waals surface area contributed by atoms with E-state index < -0.39 is 10.0 Å². The number of hydrogen-bond acceptors (Lipinski definition) is 10. The van der Waals surface area contributed by atoms with E-state index in [1.807, 2.05) is 51.4 Å². The number of benzene rings is 2. The van der Waals surface area contributed by atoms with E-state index in [9.17, 15) is 8.42 Å². The van der Waals surface area contributed by atoms with Crippen LogP contribution in [0.4, 0.5) is 34.5 Å². The van der Waals surface area contributed by atoms with Crippen molar-refractivity contribution >= 4 is 55.6 Å². The average molecular weight is 648 g/mol. The van der Waals surface area contributed by atoms with Gasteiger partial charge in [-0.3, -0.25) is 4.31 Å². The first-order chi connectivity index (χ1) is 22.1. The minimum Gasteiger partial charge on any atom is -0.489 e. The zero-order valence-corrected chi connectivity index (χ0v) is 28.1. The predicted octanol–water partition coefficient (Wildman–Crippen LogP) is 4.64. The van der Waals surface area contributed by atoms with Gasteiger partial charge in [-0.2, -0.15) is 9.97 Å². The molecule has 5 N–H and O–H groups in total. The molecule has 246 valence electrons. The molecule has 0 unspecified atom stereocenters. The largest absolute Gasteiger partial charge is 0.489 e. The molecule has 0 amide bonds. The number of hydrogen-bond donors (Lipinski definition) is 5. The van der Waals surface area contributed by atoms with Gasteiger partial charge in [0.05, 0.1) is 34.8 Å². The first-order valence-corrected chi connectivity index (χ1v) is 17.9. The van der Waals surface area contributed by atoms with Crippen LogP contribution in [-0.4, -0.2) is 81.5 Å². The highest BCUT2D eigenvalue weighted by molar-refractivity contribution is 7.92. The van der Waals surface area contributed by atoms with E-state index in [0.29, 0.717) is 47.8 Å². The molecule has 1 fully saturated rings. The van der Waals surface area contributed by atoms with Gasteiger partial charge in [0.2, 0.25) is 16.0 Å². The van der Waals surface area contributed by atoms with Crippen molar-refractivity contribution in [2.45, 2.75) is 52.2 Å². The number of aryl methyl sites for hydroxylation is 1. The molecule has 6 rings (SSSR count). The number of sulfonamides is 1. The minimum atomic E-state index is -3.43. The number of ether oxygens (including phenoxy) is 1. The normalized spacial score (nSPS) is 15.5. The van der Waals surface area contributed by atoms with Crippen LogP contribution in [0.25, 0.3) is 11.0 Å². The fourth-order valence-corrected chi connectivity index (χ4v) is 7.36. The predicted molar refractivity (Wildman–Crippen MR) is 187 cm³/mol. The summed E-state index contributed by atoms with van der Waals surface area (Å²) in [5.41, 5.74) is 6.06. The molecule has 0 atom stereocenters. The lowest BCUT2D eigenvalue weighted by Gasteiger charge is -2.35. The number of anilines is 6. The summed E-state index contributed by atoms with van der Waals surface area (Å²) in [5.74, 6) is 1.69. The van der Waals surface area contributed by atoms with E-state index in [1.165, 1.54) is 16.2 Å². The van der Waals surface area contributed by atoms with Gasteiger partial charge in [0.25, 0.3) is 0 Å². The Morgan fingerprint density at radius 3 is 2.59 bits per heavy atom. The molecule has 0 radical (unpaired) electrons. The topological polar surface area (TPSA) is 140 Å². The summed E-state index contributed by atoms with van der Waals surface area (Å²) in [5, 5.41) is 14.5. The van der Waals surface area contributed by atoms with Crippen molar-refractivity contribution in [3.63, 3.8) is 0 Å². The summed E-state index contributed by atoms with van der Waals surface area (Å²) in [4.78, 5) is 15.3. The van der Waals surface area contributed by atoms with E-state index in [1.54, 1.807) is 0 Å². The molecule has 2 aliphatic rings. The lowest BCUT2D eigenvalue weighted by molar-refractivity contribution is 0.243. The van der Waals surface area contributed by atoms with Crippen molar-refractivity contribution in [2.24, 2.45) is 0 Å². The van der Waals surface area contributed by atoms with Crippen molar-refractivity contribution in [1.29, 1.82) is 0 Å². The Bertz CT molecular complexity index is 1800. The van der Waals surface area contributed by atoms with E-state index in [2.05, 4.69) is 50.2 Å². The Morgan fingerprint density at radius 2 is 1.85 bits per heavy atom. The van der Waals surface area contributed by atoms with Crippen LogP contribution in [-0.2, 0) is 16.4 Å². The van der Waals surface area contributed by atoms with Gasteiger partial charge in [-0.05, 0) is 76.4 Å². The van der Waals surface area contributed by atoms with Crippen LogP contribution < -0.4 is 35.2 Å². The van der Waals surface area contributed by atoms with Gasteiger partial charge >= 0.3 is 0 Å². The number of piperidine rings is 1. The summed E-state index contributed by atoms with van der Waals surface area (Å²) >= 11 is 0. The first-order valence-electron chi connectivity index (χ1n) is 16.0. The Morgan fingerprint density at radius 1 is 1.04 bits per heavy atom. The summed E-state index contributed by atoms with van der Waals surface area (Å²) < 4.78 is 33.0. The number of fused-ring (bicyclic) bond motifs is 2. The molecule has 0 aliphatic carbocycles. The Labute approximate surface area is 271 Å². The zero-order valence-electron chi connectivity index (χ0n) is 27.3. The van der Waals surface area contributed by atoms with Crippen LogP contribution >= 0.6 is 0 Å². The smallest absolute Gasteiger partial charge is 0.232 e. The van der Waals surface area contributed by atoms with Crippen LogP contribution in [0.1, 0.15) is 37.8 Å². The second-order valence-electron chi connectivity index (χ2n) is 12.4. The molecule has 4 aromatic rings. The summed E-state index contributed by atoms with van der Waals surface area (Å²) in [6.45, 7) is 10.5. The number of aromatic amines is 1. The summed E-state index contributed by atoms with van der Waals surface area (Å²) in [7, 11) is -1.45. The molecule has 2 aromatic heterocycles. The van der Waals surface area contributed by atoms with Gasteiger partial charge in [0.1, 0.15) is 17.2 Å². The Kier molecular flexibility index (Phi) is 9.25. The summed E-state index contributed by atoms with van der Waals surface area (Å²) in [6.07, 6.45) is 5.88. The van der Waals surface area contributed by atoms with E-state index in [4.69, 9.17) is 14.7 Å². The van der Waals surface area contributed by atoms with Crippen LogP contribution in [0, 0.1) is 6.92 Å². The number of para-hydroxylation sites is 1. The fourth-order valence-electron chi connectivity index (χ4n) is 6.39. The average Bonchev–Trinajstić information content (AvgIpc) is 3.67. The molecule has 2 aromatic carbocycles. The van der Waals surface area contributed by atoms with E-state index in [-0.39, 0.29) is 6.10 Å². The van der Waals surface area contributed by atoms with Crippen molar-refractivity contribution in [1.82, 2.24) is 25.6 Å². The third kappa shape index (κ3) is 6.86. The van der Waals surface area contributed by atoms with Gasteiger partial charge < -0.3 is 35.9 Å². The van der Waals surface area contributed by atoms with Crippen LogP contribution in [0.3, 0.4) is 0 Å². The van der Waals surface area contributed by atoms with Gasteiger partial charge in [-0.15, -0.1) is 0 Å².